The summed E-state index contributed by atoms with van der Waals surface area (Å²) in [6, 6.07) is 2.92. The van der Waals surface area contributed by atoms with Crippen LogP contribution in [0.25, 0.3) is 0 Å². The van der Waals surface area contributed by atoms with Gasteiger partial charge in [-0.2, -0.15) is 0 Å². The van der Waals surface area contributed by atoms with Gasteiger partial charge in [-0.25, -0.2) is 13.2 Å². The average Bonchev–Trinajstić information content (AvgIpc) is 2.47. The summed E-state index contributed by atoms with van der Waals surface area (Å²) >= 11 is 0. The van der Waals surface area contributed by atoms with Gasteiger partial charge in [-0.15, -0.1) is 0 Å². The van der Waals surface area contributed by atoms with Crippen LogP contribution in [-0.4, -0.2) is 24.8 Å². The van der Waals surface area contributed by atoms with Gasteiger partial charge >= 0.3 is 0 Å². The van der Waals surface area contributed by atoms with Gasteiger partial charge in [-0.3, -0.25) is 0 Å². The zero-order valence-corrected chi connectivity index (χ0v) is 8.84. The van der Waals surface area contributed by atoms with E-state index in [1.54, 1.807) is 0 Å². The van der Waals surface area contributed by atoms with Crippen LogP contribution < -0.4 is 0 Å². The highest BCUT2D eigenvalue weighted by molar-refractivity contribution is 5.25. The molecule has 1 heterocycles. The number of halogens is 3. The van der Waals surface area contributed by atoms with Crippen molar-refractivity contribution in [3.8, 4) is 0 Å². The molecule has 2 nitrogen and oxygen atoms in total. The molecule has 1 aromatic carbocycles. The smallest absolute Gasteiger partial charge is 0.190 e. The highest BCUT2D eigenvalue weighted by Gasteiger charge is 2.45. The lowest BCUT2D eigenvalue weighted by Gasteiger charge is -2.34. The standard InChI is InChI=1S/C11H12F3NO/c1-15(16)5-4-11(14,7-15)8-2-3-9(12)10(13)6-8/h2-3,6H,4-5,7H2,1H3. The quantitative estimate of drug-likeness (QED) is 0.538. The lowest BCUT2D eigenvalue weighted by molar-refractivity contribution is -0.850. The van der Waals surface area contributed by atoms with E-state index >= 15 is 0 Å². The molecule has 1 aliphatic rings. The van der Waals surface area contributed by atoms with Crippen molar-refractivity contribution in [2.45, 2.75) is 12.1 Å². The first-order valence-electron chi connectivity index (χ1n) is 5.02. The van der Waals surface area contributed by atoms with E-state index in [1.165, 1.54) is 13.1 Å². The number of hydroxylamine groups is 3. The molecule has 2 atom stereocenters. The van der Waals surface area contributed by atoms with Crippen molar-refractivity contribution < 1.29 is 17.8 Å². The molecule has 1 saturated heterocycles. The van der Waals surface area contributed by atoms with E-state index in [9.17, 15) is 18.4 Å². The molecule has 0 radical (unpaired) electrons. The largest absolute Gasteiger partial charge is 0.633 e. The normalized spacial score (nSPS) is 34.3. The van der Waals surface area contributed by atoms with Gasteiger partial charge in [0.25, 0.3) is 0 Å². The molecule has 1 aliphatic heterocycles. The van der Waals surface area contributed by atoms with Gasteiger partial charge in [0.2, 0.25) is 0 Å². The monoisotopic (exact) mass is 231 g/mol. The molecule has 1 aromatic rings. The molecule has 0 N–H and O–H groups in total. The Bertz CT molecular complexity index is 422. The van der Waals surface area contributed by atoms with Gasteiger partial charge in [0.1, 0.15) is 6.54 Å². The van der Waals surface area contributed by atoms with E-state index in [2.05, 4.69) is 0 Å². The van der Waals surface area contributed by atoms with Crippen molar-refractivity contribution in [3.05, 3.63) is 40.6 Å². The summed E-state index contributed by atoms with van der Waals surface area (Å²) in [6.45, 7) is -0.104. The zero-order valence-electron chi connectivity index (χ0n) is 8.84. The molecule has 0 aromatic heterocycles. The molecule has 0 spiro atoms. The summed E-state index contributed by atoms with van der Waals surface area (Å²) in [5.41, 5.74) is -1.80. The second kappa shape index (κ2) is 3.46. The Labute approximate surface area is 91.5 Å². The Hall–Kier alpha value is -1.07. The van der Waals surface area contributed by atoms with E-state index in [-0.39, 0.29) is 25.1 Å². The number of nitrogens with zero attached hydrogens (tertiary/aromatic N) is 1. The van der Waals surface area contributed by atoms with Crippen LogP contribution in [0.1, 0.15) is 12.0 Å². The Morgan fingerprint density at radius 1 is 1.31 bits per heavy atom. The molecule has 5 heteroatoms. The lowest BCUT2D eigenvalue weighted by Crippen LogP contribution is -2.37. The van der Waals surface area contributed by atoms with Crippen LogP contribution in [0.15, 0.2) is 18.2 Å². The van der Waals surface area contributed by atoms with Gasteiger partial charge in [0.05, 0.1) is 13.6 Å². The summed E-state index contributed by atoms with van der Waals surface area (Å²) in [5, 5.41) is 11.6. The number of hydrogen-bond acceptors (Lipinski definition) is 1. The van der Waals surface area contributed by atoms with Gasteiger partial charge in [0, 0.05) is 6.42 Å². The van der Waals surface area contributed by atoms with Gasteiger partial charge in [-0.1, -0.05) is 6.07 Å². The minimum Gasteiger partial charge on any atom is -0.633 e. The first-order valence-corrected chi connectivity index (χ1v) is 5.02. The van der Waals surface area contributed by atoms with E-state index in [0.29, 0.717) is 0 Å². The van der Waals surface area contributed by atoms with Crippen LogP contribution in [0.4, 0.5) is 13.2 Å². The fraction of sp³-hybridized carbons (Fsp3) is 0.455. The first kappa shape index (κ1) is 11.4. The van der Waals surface area contributed by atoms with Crippen LogP contribution in [0.2, 0.25) is 0 Å². The first-order chi connectivity index (χ1) is 7.32. The molecule has 0 bridgehead atoms. The Kier molecular flexibility index (Phi) is 2.47. The van der Waals surface area contributed by atoms with Crippen LogP contribution in [0, 0.1) is 16.8 Å². The molecule has 2 rings (SSSR count). The zero-order chi connectivity index (χ0) is 12.0. The highest BCUT2D eigenvalue weighted by Crippen LogP contribution is 2.38. The van der Waals surface area contributed by atoms with E-state index in [1.807, 2.05) is 0 Å². The minimum atomic E-state index is -1.84. The van der Waals surface area contributed by atoms with Crippen molar-refractivity contribution in [2.24, 2.45) is 0 Å². The van der Waals surface area contributed by atoms with Gasteiger partial charge < -0.3 is 9.85 Å². The van der Waals surface area contributed by atoms with Crippen molar-refractivity contribution in [3.63, 3.8) is 0 Å². The third-order valence-corrected chi connectivity index (χ3v) is 3.00. The number of benzene rings is 1. The SMILES string of the molecule is C[N+]1([O-])CCC(F)(c2ccc(F)c(F)c2)C1. The molecule has 16 heavy (non-hydrogen) atoms. The summed E-state index contributed by atoms with van der Waals surface area (Å²) < 4.78 is 39.3. The minimum absolute atomic E-state index is 0.0398. The Balaban J connectivity index is 2.34. The summed E-state index contributed by atoms with van der Waals surface area (Å²) in [4.78, 5) is 0. The summed E-state index contributed by atoms with van der Waals surface area (Å²) in [7, 11) is 1.38. The Morgan fingerprint density at radius 2 is 2.00 bits per heavy atom. The molecule has 0 amide bonds. The second-order valence-corrected chi connectivity index (χ2v) is 4.52. The maximum Gasteiger partial charge on any atom is 0.190 e. The lowest BCUT2D eigenvalue weighted by atomic mass is 9.95. The number of likely N-dealkylation sites (N-methyl/N-ethyl adjacent to an activating group) is 1. The topological polar surface area (TPSA) is 23.1 Å². The maximum absolute atomic E-state index is 14.3. The average molecular weight is 231 g/mol. The molecular formula is C11H12F3NO. The molecule has 2 unspecified atom stereocenters. The number of likely N-dealkylation sites (tertiary alicyclic amines) is 1. The Morgan fingerprint density at radius 3 is 2.50 bits per heavy atom. The molecule has 1 fully saturated rings. The van der Waals surface area contributed by atoms with Crippen molar-refractivity contribution in [1.29, 1.82) is 0 Å². The predicted octanol–water partition coefficient (Wildman–Crippen LogP) is 2.48. The predicted molar refractivity (Wildman–Crippen MR) is 53.0 cm³/mol. The fourth-order valence-corrected chi connectivity index (χ4v) is 2.11. The number of hydrogen-bond donors (Lipinski definition) is 0. The third-order valence-electron chi connectivity index (χ3n) is 3.00. The molecule has 0 aliphatic carbocycles. The van der Waals surface area contributed by atoms with Crippen LogP contribution in [0.5, 0.6) is 0 Å². The number of quaternary nitrogens is 1. The second-order valence-electron chi connectivity index (χ2n) is 4.52. The van der Waals surface area contributed by atoms with Crippen LogP contribution in [0.3, 0.4) is 0 Å². The van der Waals surface area contributed by atoms with Crippen LogP contribution in [-0.2, 0) is 5.67 Å². The summed E-state index contributed by atoms with van der Waals surface area (Å²) in [5.74, 6) is -2.09. The van der Waals surface area contributed by atoms with Gasteiger partial charge in [-0.05, 0) is 17.7 Å². The molecule has 0 saturated carbocycles. The van der Waals surface area contributed by atoms with E-state index in [0.717, 1.165) is 12.1 Å². The third kappa shape index (κ3) is 1.92. The number of rotatable bonds is 1. The van der Waals surface area contributed by atoms with E-state index < -0.39 is 21.9 Å². The molecular weight excluding hydrogens is 219 g/mol. The maximum atomic E-state index is 14.3. The fourth-order valence-electron chi connectivity index (χ4n) is 2.11. The van der Waals surface area contributed by atoms with Crippen molar-refractivity contribution in [1.82, 2.24) is 0 Å². The van der Waals surface area contributed by atoms with E-state index in [4.69, 9.17) is 0 Å². The van der Waals surface area contributed by atoms with Crippen molar-refractivity contribution in [2.75, 3.05) is 20.1 Å². The number of alkyl halides is 1. The van der Waals surface area contributed by atoms with Crippen LogP contribution >= 0.6 is 0 Å². The van der Waals surface area contributed by atoms with Gasteiger partial charge in [0.15, 0.2) is 17.3 Å². The highest BCUT2D eigenvalue weighted by atomic mass is 19.2. The summed E-state index contributed by atoms with van der Waals surface area (Å²) in [6.07, 6.45) is 0.0398. The molecule has 88 valence electrons. The van der Waals surface area contributed by atoms with Crippen molar-refractivity contribution >= 4 is 0 Å².